The van der Waals surface area contributed by atoms with Gasteiger partial charge in [-0.15, -0.1) is 0 Å². The van der Waals surface area contributed by atoms with Crippen molar-refractivity contribution in [2.45, 2.75) is 25.7 Å². The predicted octanol–water partition coefficient (Wildman–Crippen LogP) is 4.80. The molecule has 2 aromatic carbocycles. The number of hydrogen-bond donors (Lipinski definition) is 1. The molecular formula is C20H18FNO2. The number of hydrogen-bond acceptors (Lipinski definition) is 3. The van der Waals surface area contributed by atoms with Crippen LogP contribution in [0.1, 0.15) is 29.9 Å². The Balaban J connectivity index is 1.79. The first-order valence-electron chi connectivity index (χ1n) is 7.84. The van der Waals surface area contributed by atoms with E-state index in [2.05, 4.69) is 4.99 Å². The van der Waals surface area contributed by atoms with Crippen molar-refractivity contribution in [3.63, 3.8) is 0 Å². The van der Waals surface area contributed by atoms with Crippen LogP contribution in [-0.4, -0.2) is 17.1 Å². The van der Waals surface area contributed by atoms with Crippen molar-refractivity contribution in [1.29, 1.82) is 0 Å². The molecule has 0 heterocycles. The second kappa shape index (κ2) is 6.79. The molecule has 0 aromatic heterocycles. The average molecular weight is 323 g/mol. The van der Waals surface area contributed by atoms with Gasteiger partial charge in [-0.2, -0.15) is 0 Å². The van der Waals surface area contributed by atoms with Crippen molar-refractivity contribution >= 4 is 17.7 Å². The summed E-state index contributed by atoms with van der Waals surface area (Å²) in [4.78, 5) is 16.6. The molecule has 0 fully saturated rings. The minimum atomic E-state index is -0.313. The van der Waals surface area contributed by atoms with E-state index in [0.717, 1.165) is 16.8 Å². The summed E-state index contributed by atoms with van der Waals surface area (Å²) < 4.78 is 13.0. The topological polar surface area (TPSA) is 49.7 Å². The number of carbonyl (C=O) groups excluding carboxylic acids is 1. The van der Waals surface area contributed by atoms with E-state index in [4.69, 9.17) is 0 Å². The van der Waals surface area contributed by atoms with Crippen LogP contribution < -0.4 is 0 Å². The van der Waals surface area contributed by atoms with Crippen LogP contribution in [0.3, 0.4) is 0 Å². The molecule has 0 radical (unpaired) electrons. The van der Waals surface area contributed by atoms with Gasteiger partial charge in [0, 0.05) is 19.1 Å². The van der Waals surface area contributed by atoms with Crippen LogP contribution in [0.5, 0.6) is 0 Å². The van der Waals surface area contributed by atoms with E-state index in [1.54, 1.807) is 12.1 Å². The molecule has 0 aliphatic heterocycles. The Morgan fingerprint density at radius 3 is 2.38 bits per heavy atom. The molecule has 3 rings (SSSR count). The predicted molar refractivity (Wildman–Crippen MR) is 92.4 cm³/mol. The molecular weight excluding hydrogens is 305 g/mol. The monoisotopic (exact) mass is 323 g/mol. The third-order valence-electron chi connectivity index (χ3n) is 4.20. The highest BCUT2D eigenvalue weighted by atomic mass is 19.1. The lowest BCUT2D eigenvalue weighted by atomic mass is 9.83. The Hall–Kier alpha value is -2.75. The average Bonchev–Trinajstić information content (AvgIpc) is 2.56. The number of allylic oxidation sites excluding steroid dienone is 2. The van der Waals surface area contributed by atoms with Crippen molar-refractivity contribution in [2.75, 3.05) is 0 Å². The highest BCUT2D eigenvalue weighted by Gasteiger charge is 2.27. The molecule has 0 saturated heterocycles. The zero-order valence-electron chi connectivity index (χ0n) is 13.4. The third-order valence-corrected chi connectivity index (χ3v) is 4.20. The van der Waals surface area contributed by atoms with E-state index < -0.39 is 0 Å². The summed E-state index contributed by atoms with van der Waals surface area (Å²) in [6, 6.07) is 13.7. The van der Waals surface area contributed by atoms with Gasteiger partial charge in [-0.05, 0) is 42.7 Å². The number of halogens is 1. The van der Waals surface area contributed by atoms with E-state index in [0.29, 0.717) is 6.42 Å². The number of aliphatic imine (C=N–C) groups is 1. The van der Waals surface area contributed by atoms with Gasteiger partial charge in [-0.1, -0.05) is 29.8 Å². The number of aliphatic hydroxyl groups is 1. The van der Waals surface area contributed by atoms with Crippen molar-refractivity contribution < 1.29 is 14.3 Å². The van der Waals surface area contributed by atoms with Gasteiger partial charge in [-0.3, -0.25) is 9.79 Å². The fourth-order valence-corrected chi connectivity index (χ4v) is 2.80. The van der Waals surface area contributed by atoms with Gasteiger partial charge in [0.1, 0.15) is 11.6 Å². The molecule has 122 valence electrons. The standard InChI is InChI=1S/C20H18FNO2/c1-13-2-8-17(9-3-13)22-12-18-19(23)10-15(11-20(18)24)14-4-6-16(21)7-5-14/h2-9,12,15,23H,10-11H2,1H3. The zero-order chi connectivity index (χ0) is 17.1. The highest BCUT2D eigenvalue weighted by Crippen LogP contribution is 2.33. The smallest absolute Gasteiger partial charge is 0.168 e. The first-order valence-corrected chi connectivity index (χ1v) is 7.84. The number of benzene rings is 2. The molecule has 1 aliphatic carbocycles. The summed E-state index contributed by atoms with van der Waals surface area (Å²) in [6.45, 7) is 1.99. The maximum absolute atomic E-state index is 13.0. The molecule has 1 unspecified atom stereocenters. The minimum absolute atomic E-state index is 0.0384. The lowest BCUT2D eigenvalue weighted by Crippen LogP contribution is -2.19. The number of nitrogens with zero attached hydrogens (tertiary/aromatic N) is 1. The zero-order valence-corrected chi connectivity index (χ0v) is 13.4. The number of rotatable bonds is 3. The number of aliphatic hydroxyl groups excluding tert-OH is 1. The largest absolute Gasteiger partial charge is 0.511 e. The van der Waals surface area contributed by atoms with Crippen LogP contribution in [-0.2, 0) is 4.79 Å². The van der Waals surface area contributed by atoms with Gasteiger partial charge < -0.3 is 5.11 Å². The van der Waals surface area contributed by atoms with E-state index in [1.807, 2.05) is 31.2 Å². The van der Waals surface area contributed by atoms with Gasteiger partial charge >= 0.3 is 0 Å². The lowest BCUT2D eigenvalue weighted by Gasteiger charge is -2.22. The van der Waals surface area contributed by atoms with Gasteiger partial charge in [0.05, 0.1) is 11.3 Å². The molecule has 0 bridgehead atoms. The highest BCUT2D eigenvalue weighted by molar-refractivity contribution is 6.15. The summed E-state index contributed by atoms with van der Waals surface area (Å²) in [5.74, 6) is -0.554. The van der Waals surface area contributed by atoms with Crippen molar-refractivity contribution in [1.82, 2.24) is 0 Å². The summed E-state index contributed by atoms with van der Waals surface area (Å²) >= 11 is 0. The molecule has 24 heavy (non-hydrogen) atoms. The van der Waals surface area contributed by atoms with Crippen LogP contribution in [0, 0.1) is 12.7 Å². The quantitative estimate of drug-likeness (QED) is 0.825. The molecule has 4 heteroatoms. The van der Waals surface area contributed by atoms with Gasteiger partial charge in [0.15, 0.2) is 5.78 Å². The Labute approximate surface area is 140 Å². The van der Waals surface area contributed by atoms with E-state index in [1.165, 1.54) is 18.3 Å². The SMILES string of the molecule is Cc1ccc(N=CC2=C(O)CC(c3ccc(F)cc3)CC2=O)cc1. The first kappa shape index (κ1) is 16.1. The fraction of sp³-hybridized carbons (Fsp3) is 0.200. The molecule has 0 saturated carbocycles. The maximum Gasteiger partial charge on any atom is 0.168 e. The Kier molecular flexibility index (Phi) is 4.56. The molecule has 0 spiro atoms. The first-order chi connectivity index (χ1) is 11.5. The number of carbonyl (C=O) groups is 1. The molecule has 1 N–H and O–H groups in total. The maximum atomic E-state index is 13.0. The summed E-state index contributed by atoms with van der Waals surface area (Å²) in [5, 5.41) is 10.2. The second-order valence-corrected chi connectivity index (χ2v) is 6.03. The molecule has 1 atom stereocenters. The van der Waals surface area contributed by atoms with Crippen molar-refractivity contribution in [3.05, 3.63) is 76.8 Å². The summed E-state index contributed by atoms with van der Waals surface area (Å²) in [5.41, 5.74) is 2.97. The van der Waals surface area contributed by atoms with Crippen molar-refractivity contribution in [2.24, 2.45) is 4.99 Å². The van der Waals surface area contributed by atoms with E-state index >= 15 is 0 Å². The molecule has 3 nitrogen and oxygen atoms in total. The van der Waals surface area contributed by atoms with Crippen LogP contribution >= 0.6 is 0 Å². The van der Waals surface area contributed by atoms with Crippen molar-refractivity contribution in [3.8, 4) is 0 Å². The third kappa shape index (κ3) is 3.59. The van der Waals surface area contributed by atoms with Gasteiger partial charge in [-0.25, -0.2) is 4.39 Å². The Morgan fingerprint density at radius 2 is 1.75 bits per heavy atom. The number of Topliss-reactive ketones (excluding diaryl/α,β-unsaturated/α-hetero) is 1. The second-order valence-electron chi connectivity index (χ2n) is 6.03. The van der Waals surface area contributed by atoms with Gasteiger partial charge in [0.2, 0.25) is 0 Å². The summed E-state index contributed by atoms with van der Waals surface area (Å²) in [7, 11) is 0. The lowest BCUT2D eigenvalue weighted by molar-refractivity contribution is -0.116. The fourth-order valence-electron chi connectivity index (χ4n) is 2.80. The number of aryl methyl sites for hydroxylation is 1. The van der Waals surface area contributed by atoms with Crippen LogP contribution in [0.15, 0.2) is 64.9 Å². The van der Waals surface area contributed by atoms with Crippen LogP contribution in [0.2, 0.25) is 0 Å². The van der Waals surface area contributed by atoms with Crippen LogP contribution in [0.4, 0.5) is 10.1 Å². The van der Waals surface area contributed by atoms with Gasteiger partial charge in [0.25, 0.3) is 0 Å². The number of ketones is 1. The normalized spacial score (nSPS) is 18.4. The van der Waals surface area contributed by atoms with E-state index in [9.17, 15) is 14.3 Å². The molecule has 0 amide bonds. The van der Waals surface area contributed by atoms with Crippen LogP contribution in [0.25, 0.3) is 0 Å². The minimum Gasteiger partial charge on any atom is -0.511 e. The molecule has 2 aromatic rings. The molecule has 1 aliphatic rings. The Morgan fingerprint density at radius 1 is 1.08 bits per heavy atom. The van der Waals surface area contributed by atoms with E-state index in [-0.39, 0.29) is 35.3 Å². The Bertz CT molecular complexity index is 805. The summed E-state index contributed by atoms with van der Waals surface area (Å²) in [6.07, 6.45) is 2.07.